The number of nitrogens with one attached hydrogen (secondary N) is 1. The van der Waals surface area contributed by atoms with Gasteiger partial charge in [-0.05, 0) is 29.7 Å². The third-order valence-corrected chi connectivity index (χ3v) is 3.95. The van der Waals surface area contributed by atoms with Crippen molar-refractivity contribution in [2.24, 2.45) is 0 Å². The molecule has 1 aliphatic rings. The molecular weight excluding hydrogens is 280 g/mol. The minimum atomic E-state index is -0.572. The molecule has 5 heteroatoms. The molecule has 1 N–H and O–H groups in total. The van der Waals surface area contributed by atoms with E-state index < -0.39 is 6.04 Å². The summed E-state index contributed by atoms with van der Waals surface area (Å²) in [6, 6.07) is 10.8. The summed E-state index contributed by atoms with van der Waals surface area (Å²) in [5, 5.41) is 2.85. The van der Waals surface area contributed by atoms with Crippen LogP contribution in [0.1, 0.15) is 29.9 Å². The zero-order valence-corrected chi connectivity index (χ0v) is 12.4. The van der Waals surface area contributed by atoms with E-state index in [0.717, 1.165) is 17.5 Å². The Labute approximate surface area is 128 Å². The van der Waals surface area contributed by atoms with Crippen LogP contribution in [0.5, 0.6) is 0 Å². The molecule has 0 saturated heterocycles. The van der Waals surface area contributed by atoms with Crippen molar-refractivity contribution < 1.29 is 14.0 Å². The number of rotatable bonds is 3. The summed E-state index contributed by atoms with van der Waals surface area (Å²) in [6.45, 7) is 2.38. The second kappa shape index (κ2) is 6.05. The number of carbonyl (C=O) groups excluding carboxylic acids is 2. The highest BCUT2D eigenvalue weighted by Gasteiger charge is 2.34. The maximum Gasteiger partial charge on any atom is 0.247 e. The van der Waals surface area contributed by atoms with Crippen LogP contribution in [-0.2, 0) is 22.6 Å². The summed E-state index contributed by atoms with van der Waals surface area (Å²) >= 11 is 0. The fraction of sp³-hybridized carbons (Fsp3) is 0.294. The average molecular weight is 298 g/mol. The van der Waals surface area contributed by atoms with Crippen LogP contribution in [0.15, 0.2) is 47.1 Å². The minimum Gasteiger partial charge on any atom is -0.467 e. The quantitative estimate of drug-likeness (QED) is 0.943. The topological polar surface area (TPSA) is 62.6 Å². The van der Waals surface area contributed by atoms with Crippen LogP contribution >= 0.6 is 0 Å². The molecule has 0 radical (unpaired) electrons. The summed E-state index contributed by atoms with van der Waals surface area (Å²) < 4.78 is 5.22. The van der Waals surface area contributed by atoms with Crippen LogP contribution < -0.4 is 5.32 Å². The minimum absolute atomic E-state index is 0.0901. The number of furan rings is 1. The first kappa shape index (κ1) is 14.4. The number of hydrogen-bond donors (Lipinski definition) is 1. The van der Waals surface area contributed by atoms with E-state index in [1.807, 2.05) is 24.3 Å². The van der Waals surface area contributed by atoms with Gasteiger partial charge >= 0.3 is 0 Å². The highest BCUT2D eigenvalue weighted by molar-refractivity contribution is 5.88. The van der Waals surface area contributed by atoms with Crippen LogP contribution in [0, 0.1) is 0 Å². The molecule has 5 nitrogen and oxygen atoms in total. The number of fused-ring (bicyclic) bond motifs is 1. The number of carbonyl (C=O) groups is 2. The van der Waals surface area contributed by atoms with Gasteiger partial charge in [-0.1, -0.05) is 24.3 Å². The third-order valence-electron chi connectivity index (χ3n) is 3.95. The smallest absolute Gasteiger partial charge is 0.247 e. The molecule has 2 heterocycles. The van der Waals surface area contributed by atoms with Gasteiger partial charge in [0.15, 0.2) is 0 Å². The molecule has 114 valence electrons. The van der Waals surface area contributed by atoms with E-state index in [4.69, 9.17) is 4.42 Å². The first-order chi connectivity index (χ1) is 10.7. The second-order valence-corrected chi connectivity index (χ2v) is 5.36. The molecule has 0 spiro atoms. The molecule has 22 heavy (non-hydrogen) atoms. The maximum absolute atomic E-state index is 12.6. The van der Waals surface area contributed by atoms with Crippen molar-refractivity contribution in [3.05, 3.63) is 59.5 Å². The summed E-state index contributed by atoms with van der Waals surface area (Å²) in [5.41, 5.74) is 2.03. The lowest BCUT2D eigenvalue weighted by molar-refractivity contribution is -0.140. The lowest BCUT2D eigenvalue weighted by Crippen LogP contribution is -2.46. The van der Waals surface area contributed by atoms with Gasteiger partial charge in [0.2, 0.25) is 11.8 Å². The van der Waals surface area contributed by atoms with E-state index in [1.54, 1.807) is 23.3 Å². The van der Waals surface area contributed by atoms with Gasteiger partial charge in [0.05, 0.1) is 12.8 Å². The Bertz CT molecular complexity index is 679. The van der Waals surface area contributed by atoms with Gasteiger partial charge < -0.3 is 14.6 Å². The largest absolute Gasteiger partial charge is 0.467 e. The molecular formula is C17H18N2O3. The molecule has 1 atom stereocenters. The van der Waals surface area contributed by atoms with E-state index in [2.05, 4.69) is 5.32 Å². The molecule has 0 saturated carbocycles. The van der Waals surface area contributed by atoms with Gasteiger partial charge in [-0.2, -0.15) is 0 Å². The van der Waals surface area contributed by atoms with Crippen LogP contribution in [0.4, 0.5) is 0 Å². The lowest BCUT2D eigenvalue weighted by atomic mass is 9.92. The Morgan fingerprint density at radius 2 is 2.09 bits per heavy atom. The van der Waals surface area contributed by atoms with E-state index in [1.165, 1.54) is 6.92 Å². The van der Waals surface area contributed by atoms with Crippen LogP contribution in [0.25, 0.3) is 0 Å². The number of amides is 2. The molecule has 0 fully saturated rings. The van der Waals surface area contributed by atoms with Crippen molar-refractivity contribution >= 4 is 11.8 Å². The van der Waals surface area contributed by atoms with Crippen LogP contribution in [0.3, 0.4) is 0 Å². The zero-order valence-electron chi connectivity index (χ0n) is 12.4. The highest BCUT2D eigenvalue weighted by atomic mass is 16.3. The van der Waals surface area contributed by atoms with Crippen molar-refractivity contribution in [2.75, 3.05) is 6.54 Å². The molecule has 0 aliphatic carbocycles. The van der Waals surface area contributed by atoms with Gasteiger partial charge in [0.1, 0.15) is 11.8 Å². The summed E-state index contributed by atoms with van der Waals surface area (Å²) in [7, 11) is 0. The van der Waals surface area contributed by atoms with Gasteiger partial charge in [0, 0.05) is 13.5 Å². The zero-order chi connectivity index (χ0) is 15.5. The Balaban J connectivity index is 1.83. The van der Waals surface area contributed by atoms with Gasteiger partial charge in [-0.15, -0.1) is 0 Å². The normalized spacial score (nSPS) is 17.0. The Morgan fingerprint density at radius 1 is 1.27 bits per heavy atom. The molecule has 3 rings (SSSR count). The van der Waals surface area contributed by atoms with E-state index in [-0.39, 0.29) is 11.8 Å². The second-order valence-electron chi connectivity index (χ2n) is 5.36. The molecule has 1 aromatic carbocycles. The Kier molecular flexibility index (Phi) is 3.96. The van der Waals surface area contributed by atoms with E-state index in [9.17, 15) is 9.59 Å². The van der Waals surface area contributed by atoms with Crippen molar-refractivity contribution in [2.45, 2.75) is 25.9 Å². The van der Waals surface area contributed by atoms with Crippen LogP contribution in [-0.4, -0.2) is 23.3 Å². The van der Waals surface area contributed by atoms with Crippen LogP contribution in [0.2, 0.25) is 0 Å². The van der Waals surface area contributed by atoms with E-state index in [0.29, 0.717) is 18.8 Å². The summed E-state index contributed by atoms with van der Waals surface area (Å²) in [5.74, 6) is 0.415. The molecule has 1 unspecified atom stereocenters. The Morgan fingerprint density at radius 3 is 2.82 bits per heavy atom. The highest BCUT2D eigenvalue weighted by Crippen LogP contribution is 2.30. The average Bonchev–Trinajstić information content (AvgIpc) is 3.04. The standard InChI is InChI=1S/C17H18N2O3/c1-12(20)19-9-8-13-5-2-3-7-15(13)16(19)17(21)18-11-14-6-4-10-22-14/h2-7,10,16H,8-9,11H2,1H3,(H,18,21). The third kappa shape index (κ3) is 2.74. The first-order valence-corrected chi connectivity index (χ1v) is 7.32. The van der Waals surface area contributed by atoms with Gasteiger partial charge in [-0.25, -0.2) is 0 Å². The summed E-state index contributed by atoms with van der Waals surface area (Å²) in [6.07, 6.45) is 2.34. The summed E-state index contributed by atoms with van der Waals surface area (Å²) in [4.78, 5) is 26.1. The fourth-order valence-electron chi connectivity index (χ4n) is 2.87. The van der Waals surface area contributed by atoms with E-state index >= 15 is 0 Å². The SMILES string of the molecule is CC(=O)N1CCc2ccccc2C1C(=O)NCc1ccco1. The monoisotopic (exact) mass is 298 g/mol. The first-order valence-electron chi connectivity index (χ1n) is 7.32. The van der Waals surface area contributed by atoms with Gasteiger partial charge in [-0.3, -0.25) is 9.59 Å². The van der Waals surface area contributed by atoms with Gasteiger partial charge in [0.25, 0.3) is 0 Å². The fourth-order valence-corrected chi connectivity index (χ4v) is 2.87. The molecule has 2 amide bonds. The van der Waals surface area contributed by atoms with Crippen molar-refractivity contribution in [1.82, 2.24) is 10.2 Å². The molecule has 0 bridgehead atoms. The molecule has 1 aliphatic heterocycles. The number of hydrogen-bond acceptors (Lipinski definition) is 3. The lowest BCUT2D eigenvalue weighted by Gasteiger charge is -2.35. The number of benzene rings is 1. The molecule has 2 aromatic rings. The predicted molar refractivity (Wildman–Crippen MR) is 80.8 cm³/mol. The Hall–Kier alpha value is -2.56. The molecule has 1 aromatic heterocycles. The van der Waals surface area contributed by atoms with Crippen molar-refractivity contribution in [3.63, 3.8) is 0 Å². The predicted octanol–water partition coefficient (Wildman–Crippen LogP) is 2.04. The van der Waals surface area contributed by atoms with Crippen molar-refractivity contribution in [1.29, 1.82) is 0 Å². The van der Waals surface area contributed by atoms with Crippen molar-refractivity contribution in [3.8, 4) is 0 Å². The number of nitrogens with zero attached hydrogens (tertiary/aromatic N) is 1. The maximum atomic E-state index is 12.6.